The van der Waals surface area contributed by atoms with E-state index in [1.165, 1.54) is 12.3 Å². The first-order valence-corrected chi connectivity index (χ1v) is 9.63. The molecule has 3 rings (SSSR count). The van der Waals surface area contributed by atoms with Crippen molar-refractivity contribution in [2.75, 3.05) is 37.8 Å². The van der Waals surface area contributed by atoms with E-state index in [1.54, 1.807) is 7.05 Å². The Labute approximate surface area is 172 Å². The van der Waals surface area contributed by atoms with Crippen molar-refractivity contribution in [2.24, 2.45) is 5.92 Å². The van der Waals surface area contributed by atoms with Crippen LogP contribution in [0, 0.1) is 17.2 Å². The van der Waals surface area contributed by atoms with Gasteiger partial charge in [-0.05, 0) is 50.4 Å². The third-order valence-corrected chi connectivity index (χ3v) is 5.11. The van der Waals surface area contributed by atoms with Crippen LogP contribution in [0.2, 0.25) is 0 Å². The normalized spacial score (nSPS) is 14.9. The summed E-state index contributed by atoms with van der Waals surface area (Å²) < 4.78 is 46.4. The van der Waals surface area contributed by atoms with Crippen LogP contribution in [-0.4, -0.2) is 36.7 Å². The van der Waals surface area contributed by atoms with Crippen LogP contribution in [0.4, 0.5) is 24.5 Å². The summed E-state index contributed by atoms with van der Waals surface area (Å²) in [5, 5.41) is 15.3. The summed E-state index contributed by atoms with van der Waals surface area (Å²) in [5.74, 6) is -0.0202. The van der Waals surface area contributed by atoms with Crippen LogP contribution < -0.4 is 21.1 Å². The minimum Gasteiger partial charge on any atom is -0.477 e. The van der Waals surface area contributed by atoms with E-state index in [1.807, 2.05) is 6.07 Å². The van der Waals surface area contributed by atoms with E-state index in [-0.39, 0.29) is 29.2 Å². The molecule has 30 heavy (non-hydrogen) atoms. The van der Waals surface area contributed by atoms with Gasteiger partial charge in [0.15, 0.2) is 5.69 Å². The Kier molecular flexibility index (Phi) is 6.62. The zero-order chi connectivity index (χ0) is 21.7. The molecule has 1 fully saturated rings. The lowest BCUT2D eigenvalue weighted by molar-refractivity contribution is -0.139. The number of nitrogen functional groups attached to an aromatic ring is 1. The van der Waals surface area contributed by atoms with Crippen molar-refractivity contribution >= 4 is 11.4 Å². The molecule has 0 bridgehead atoms. The molecule has 1 aliphatic rings. The Bertz CT molecular complexity index is 935. The van der Waals surface area contributed by atoms with Gasteiger partial charge in [-0.1, -0.05) is 0 Å². The number of nitrogens with zero attached hydrogens (tertiary/aromatic N) is 3. The van der Waals surface area contributed by atoms with Gasteiger partial charge in [-0.3, -0.25) is 0 Å². The second kappa shape index (κ2) is 9.17. The van der Waals surface area contributed by atoms with E-state index in [4.69, 9.17) is 10.5 Å². The number of nitrogens with two attached hydrogens (primary N) is 1. The predicted octanol–water partition coefficient (Wildman–Crippen LogP) is 3.43. The molecule has 3 heterocycles. The molecule has 7 nitrogen and oxygen atoms in total. The maximum absolute atomic E-state index is 13.6. The largest absolute Gasteiger partial charge is 0.477 e. The summed E-state index contributed by atoms with van der Waals surface area (Å²) >= 11 is 0. The minimum absolute atomic E-state index is 0.0762. The number of piperidine rings is 1. The van der Waals surface area contributed by atoms with Crippen molar-refractivity contribution < 1.29 is 17.9 Å². The fourth-order valence-corrected chi connectivity index (χ4v) is 3.40. The number of hydrogen-bond acceptors (Lipinski definition) is 7. The first kappa shape index (κ1) is 21.6. The molecule has 0 spiro atoms. The maximum Gasteiger partial charge on any atom is 0.421 e. The lowest BCUT2D eigenvalue weighted by Gasteiger charge is -2.22. The molecular weight excluding hydrogens is 397 g/mol. The number of nitrogens with one attached hydrogen (secondary N) is 2. The maximum atomic E-state index is 13.6. The number of rotatable bonds is 6. The van der Waals surface area contributed by atoms with Crippen LogP contribution in [0.1, 0.15) is 30.5 Å². The van der Waals surface area contributed by atoms with Crippen molar-refractivity contribution in [3.63, 3.8) is 0 Å². The zero-order valence-corrected chi connectivity index (χ0v) is 16.5. The van der Waals surface area contributed by atoms with Gasteiger partial charge in [0.05, 0.1) is 23.7 Å². The highest BCUT2D eigenvalue weighted by molar-refractivity contribution is 5.77. The number of anilines is 2. The van der Waals surface area contributed by atoms with Crippen LogP contribution in [0.5, 0.6) is 5.88 Å². The van der Waals surface area contributed by atoms with E-state index >= 15 is 0 Å². The lowest BCUT2D eigenvalue weighted by Crippen LogP contribution is -2.28. The summed E-state index contributed by atoms with van der Waals surface area (Å²) in [4.78, 5) is 7.97. The summed E-state index contributed by atoms with van der Waals surface area (Å²) in [6.45, 7) is 2.00. The lowest BCUT2D eigenvalue weighted by atomic mass is 9.95. The standard InChI is InChI=1S/C20H23F3N6O/c1-26-16-9-15(29-17(10-24)18(16)25)13-8-14(20(21,22)23)19(28-11-13)30-7-4-12-2-5-27-6-3-12/h8-9,11-12,27H,2-7,25H2,1H3,(H,26,29). The molecule has 1 saturated heterocycles. The highest BCUT2D eigenvalue weighted by Crippen LogP contribution is 2.38. The van der Waals surface area contributed by atoms with Gasteiger partial charge in [0.2, 0.25) is 5.88 Å². The monoisotopic (exact) mass is 420 g/mol. The zero-order valence-electron chi connectivity index (χ0n) is 16.5. The van der Waals surface area contributed by atoms with E-state index < -0.39 is 17.6 Å². The van der Waals surface area contributed by atoms with Gasteiger partial charge in [-0.2, -0.15) is 18.4 Å². The van der Waals surface area contributed by atoms with Gasteiger partial charge >= 0.3 is 6.18 Å². The molecule has 0 aromatic carbocycles. The molecule has 2 aromatic rings. The molecule has 0 aliphatic carbocycles. The smallest absolute Gasteiger partial charge is 0.421 e. The molecule has 0 saturated carbocycles. The Balaban J connectivity index is 1.87. The first-order valence-electron chi connectivity index (χ1n) is 9.63. The summed E-state index contributed by atoms with van der Waals surface area (Å²) in [5.41, 5.74) is 5.56. The number of pyridine rings is 2. The van der Waals surface area contributed by atoms with Crippen LogP contribution in [0.3, 0.4) is 0 Å². The van der Waals surface area contributed by atoms with Gasteiger partial charge in [0, 0.05) is 18.8 Å². The molecule has 1 aliphatic heterocycles. The van der Waals surface area contributed by atoms with Crippen LogP contribution in [-0.2, 0) is 6.18 Å². The second-order valence-corrected chi connectivity index (χ2v) is 7.08. The number of ether oxygens (including phenoxy) is 1. The van der Waals surface area contributed by atoms with Gasteiger partial charge < -0.3 is 21.1 Å². The van der Waals surface area contributed by atoms with E-state index in [2.05, 4.69) is 20.6 Å². The van der Waals surface area contributed by atoms with Gasteiger partial charge in [0.25, 0.3) is 0 Å². The Morgan fingerprint density at radius 1 is 1.33 bits per heavy atom. The predicted molar refractivity (Wildman–Crippen MR) is 107 cm³/mol. The Morgan fingerprint density at radius 3 is 2.70 bits per heavy atom. The van der Waals surface area contributed by atoms with E-state index in [0.717, 1.165) is 32.0 Å². The third kappa shape index (κ3) is 4.91. The quantitative estimate of drug-likeness (QED) is 0.657. The SMILES string of the molecule is CNc1cc(-c2cnc(OCCC3CCNCC3)c(C(F)(F)F)c2)nc(C#N)c1N. The Hall–Kier alpha value is -3.06. The first-order chi connectivity index (χ1) is 14.3. The molecule has 0 amide bonds. The van der Waals surface area contributed by atoms with Crippen LogP contribution >= 0.6 is 0 Å². The average molecular weight is 420 g/mol. The minimum atomic E-state index is -4.65. The highest BCUT2D eigenvalue weighted by Gasteiger charge is 2.36. The molecule has 160 valence electrons. The van der Waals surface area contributed by atoms with Crippen LogP contribution in [0.15, 0.2) is 18.3 Å². The molecule has 2 aromatic heterocycles. The van der Waals surface area contributed by atoms with Gasteiger partial charge in [-0.15, -0.1) is 0 Å². The average Bonchev–Trinajstić information content (AvgIpc) is 2.74. The van der Waals surface area contributed by atoms with E-state index in [9.17, 15) is 18.4 Å². The molecular formula is C20H23F3N6O. The third-order valence-electron chi connectivity index (χ3n) is 5.11. The van der Waals surface area contributed by atoms with Gasteiger partial charge in [-0.25, -0.2) is 9.97 Å². The molecule has 0 unspecified atom stereocenters. The topological polar surface area (TPSA) is 109 Å². The fraction of sp³-hybridized carbons (Fsp3) is 0.450. The van der Waals surface area contributed by atoms with Crippen molar-refractivity contribution in [1.29, 1.82) is 5.26 Å². The second-order valence-electron chi connectivity index (χ2n) is 7.08. The molecule has 0 atom stereocenters. The summed E-state index contributed by atoms with van der Waals surface area (Å²) in [7, 11) is 1.59. The molecule has 4 N–H and O–H groups in total. The molecule has 10 heteroatoms. The Morgan fingerprint density at radius 2 is 2.07 bits per heavy atom. The van der Waals surface area contributed by atoms with Crippen molar-refractivity contribution in [1.82, 2.24) is 15.3 Å². The molecule has 0 radical (unpaired) electrons. The van der Waals surface area contributed by atoms with Crippen LogP contribution in [0.25, 0.3) is 11.3 Å². The van der Waals surface area contributed by atoms with E-state index in [0.29, 0.717) is 18.0 Å². The number of hydrogen-bond donors (Lipinski definition) is 3. The van der Waals surface area contributed by atoms with Crippen molar-refractivity contribution in [3.05, 3.63) is 29.6 Å². The van der Waals surface area contributed by atoms with Crippen molar-refractivity contribution in [2.45, 2.75) is 25.4 Å². The fourth-order valence-electron chi connectivity index (χ4n) is 3.40. The van der Waals surface area contributed by atoms with Gasteiger partial charge in [0.1, 0.15) is 11.6 Å². The summed E-state index contributed by atoms with van der Waals surface area (Å²) in [6, 6.07) is 4.26. The number of alkyl halides is 3. The van der Waals surface area contributed by atoms with Crippen molar-refractivity contribution in [3.8, 4) is 23.2 Å². The summed E-state index contributed by atoms with van der Waals surface area (Å²) in [6.07, 6.45) is -0.739. The highest BCUT2D eigenvalue weighted by atomic mass is 19.4. The number of halogens is 3. The number of nitriles is 1. The number of aromatic nitrogens is 2.